The lowest BCUT2D eigenvalue weighted by atomic mass is 9.79. The molecule has 2 aromatic heterocycles. The first-order valence-electron chi connectivity index (χ1n) is 10.4. The van der Waals surface area contributed by atoms with Gasteiger partial charge in [-0.2, -0.15) is 0 Å². The number of hydrogen-bond donors (Lipinski definition) is 2. The van der Waals surface area contributed by atoms with Crippen molar-refractivity contribution in [3.8, 4) is 11.3 Å². The van der Waals surface area contributed by atoms with Gasteiger partial charge in [-0.15, -0.1) is 0 Å². The Balaban J connectivity index is 1.31. The van der Waals surface area contributed by atoms with Crippen molar-refractivity contribution in [2.24, 2.45) is 5.92 Å². The SMILES string of the molecule is Cc1cc(-c2cnc(C)nc2C2CCC(CNC(=O)C[C@@H]3SC(=O)NC3=O)CC2)on1. The van der Waals surface area contributed by atoms with Gasteiger partial charge in [0.05, 0.1) is 17.0 Å². The van der Waals surface area contributed by atoms with Gasteiger partial charge in [0.25, 0.3) is 5.24 Å². The third-order valence-corrected chi connectivity index (χ3v) is 6.77. The van der Waals surface area contributed by atoms with Crippen molar-refractivity contribution in [1.82, 2.24) is 25.8 Å². The molecule has 2 aliphatic rings. The first kappa shape index (κ1) is 21.5. The van der Waals surface area contributed by atoms with Gasteiger partial charge in [0.1, 0.15) is 11.1 Å². The molecule has 9 nitrogen and oxygen atoms in total. The Kier molecular flexibility index (Phi) is 6.35. The number of amides is 3. The molecule has 31 heavy (non-hydrogen) atoms. The van der Waals surface area contributed by atoms with E-state index in [4.69, 9.17) is 9.51 Å². The van der Waals surface area contributed by atoms with Crippen LogP contribution in [0.3, 0.4) is 0 Å². The topological polar surface area (TPSA) is 127 Å². The highest BCUT2D eigenvalue weighted by atomic mass is 32.2. The summed E-state index contributed by atoms with van der Waals surface area (Å²) in [6.07, 6.45) is 5.71. The largest absolute Gasteiger partial charge is 0.356 e. The lowest BCUT2D eigenvalue weighted by Gasteiger charge is -2.29. The van der Waals surface area contributed by atoms with Crippen LogP contribution in [0, 0.1) is 19.8 Å². The Morgan fingerprint density at radius 1 is 1.26 bits per heavy atom. The van der Waals surface area contributed by atoms with Crippen LogP contribution in [-0.2, 0) is 9.59 Å². The number of nitrogens with one attached hydrogen (secondary N) is 2. The van der Waals surface area contributed by atoms with Crippen LogP contribution in [0.5, 0.6) is 0 Å². The zero-order chi connectivity index (χ0) is 22.0. The maximum absolute atomic E-state index is 12.2. The van der Waals surface area contributed by atoms with Gasteiger partial charge in [-0.1, -0.05) is 16.9 Å². The third-order valence-electron chi connectivity index (χ3n) is 5.79. The second-order valence-electron chi connectivity index (χ2n) is 8.16. The van der Waals surface area contributed by atoms with Crippen molar-refractivity contribution < 1.29 is 18.9 Å². The fraction of sp³-hybridized carbons (Fsp3) is 0.524. The number of imide groups is 1. The van der Waals surface area contributed by atoms with Crippen molar-refractivity contribution >= 4 is 28.8 Å². The molecule has 3 heterocycles. The maximum atomic E-state index is 12.2. The zero-order valence-electron chi connectivity index (χ0n) is 17.5. The van der Waals surface area contributed by atoms with E-state index < -0.39 is 5.25 Å². The van der Waals surface area contributed by atoms with E-state index in [1.165, 1.54) is 0 Å². The molecule has 2 aromatic rings. The van der Waals surface area contributed by atoms with Gasteiger partial charge in [-0.25, -0.2) is 9.97 Å². The van der Waals surface area contributed by atoms with Crippen LogP contribution in [0.1, 0.15) is 55.2 Å². The summed E-state index contributed by atoms with van der Waals surface area (Å²) in [4.78, 5) is 44.0. The lowest BCUT2D eigenvalue weighted by Crippen LogP contribution is -2.34. The van der Waals surface area contributed by atoms with Crippen LogP contribution in [0.25, 0.3) is 11.3 Å². The van der Waals surface area contributed by atoms with Gasteiger partial charge in [0.15, 0.2) is 5.76 Å². The van der Waals surface area contributed by atoms with E-state index in [2.05, 4.69) is 20.8 Å². The number of hydrogen-bond acceptors (Lipinski definition) is 8. The monoisotopic (exact) mass is 443 g/mol. The standard InChI is InChI=1S/C21H25N5O4S/c1-11-7-16(30-26-11)15-10-22-12(2)24-19(15)14-5-3-13(4-6-14)9-23-18(27)8-17-20(28)25-21(29)31-17/h7,10,13-14,17H,3-6,8-9H2,1-2H3,(H,23,27)(H,25,28,29)/t13?,14?,17-/m0/s1. The first-order valence-corrected chi connectivity index (χ1v) is 11.3. The van der Waals surface area contributed by atoms with Crippen LogP contribution in [0.4, 0.5) is 4.79 Å². The Hall–Kier alpha value is -2.75. The zero-order valence-corrected chi connectivity index (χ0v) is 18.3. The van der Waals surface area contributed by atoms with E-state index >= 15 is 0 Å². The van der Waals surface area contributed by atoms with Crippen LogP contribution in [0.2, 0.25) is 0 Å². The van der Waals surface area contributed by atoms with Crippen molar-refractivity contribution in [2.75, 3.05) is 6.54 Å². The van der Waals surface area contributed by atoms with Crippen molar-refractivity contribution in [3.05, 3.63) is 29.5 Å². The average Bonchev–Trinajstić information content (AvgIpc) is 3.31. The Labute approximate surface area is 184 Å². The van der Waals surface area contributed by atoms with E-state index in [0.717, 1.165) is 60.2 Å². The molecule has 0 aromatic carbocycles. The number of rotatable bonds is 6. The molecular formula is C21H25N5O4S. The highest BCUT2D eigenvalue weighted by Gasteiger charge is 2.33. The molecule has 0 radical (unpaired) electrons. The van der Waals surface area contributed by atoms with E-state index in [1.807, 2.05) is 26.1 Å². The van der Waals surface area contributed by atoms with Crippen molar-refractivity contribution in [3.63, 3.8) is 0 Å². The average molecular weight is 444 g/mol. The highest BCUT2D eigenvalue weighted by molar-refractivity contribution is 8.15. The fourth-order valence-corrected chi connectivity index (χ4v) is 4.96. The van der Waals surface area contributed by atoms with Gasteiger partial charge in [0.2, 0.25) is 11.8 Å². The van der Waals surface area contributed by atoms with Gasteiger partial charge in [-0.05, 0) is 45.4 Å². The Morgan fingerprint density at radius 2 is 2.03 bits per heavy atom. The third kappa shape index (κ3) is 5.12. The van der Waals surface area contributed by atoms with E-state index in [0.29, 0.717) is 24.1 Å². The normalized spacial score (nSPS) is 23.6. The van der Waals surface area contributed by atoms with E-state index in [-0.39, 0.29) is 23.5 Å². The van der Waals surface area contributed by atoms with Crippen molar-refractivity contribution in [1.29, 1.82) is 0 Å². The lowest BCUT2D eigenvalue weighted by molar-refractivity contribution is -0.125. The molecule has 2 fully saturated rings. The number of thioether (sulfide) groups is 1. The Morgan fingerprint density at radius 3 is 2.68 bits per heavy atom. The molecule has 1 saturated carbocycles. The summed E-state index contributed by atoms with van der Waals surface area (Å²) in [6.45, 7) is 4.35. The molecule has 10 heteroatoms. The minimum atomic E-state index is -0.623. The van der Waals surface area contributed by atoms with E-state index in [1.54, 1.807) is 0 Å². The molecule has 1 aliphatic carbocycles. The molecule has 4 rings (SSSR count). The number of nitrogens with zero attached hydrogens (tertiary/aromatic N) is 3. The van der Waals surface area contributed by atoms with Crippen LogP contribution in [-0.4, -0.2) is 44.0 Å². The second-order valence-corrected chi connectivity index (χ2v) is 9.33. The van der Waals surface area contributed by atoms with E-state index in [9.17, 15) is 14.4 Å². The summed E-state index contributed by atoms with van der Waals surface area (Å²) in [7, 11) is 0. The number of aryl methyl sites for hydroxylation is 2. The van der Waals surface area contributed by atoms with Gasteiger partial charge >= 0.3 is 0 Å². The highest BCUT2D eigenvalue weighted by Crippen LogP contribution is 2.39. The number of aromatic nitrogens is 3. The summed E-state index contributed by atoms with van der Waals surface area (Å²) in [5, 5.41) is 8.10. The second kappa shape index (κ2) is 9.17. The van der Waals surface area contributed by atoms with Crippen LogP contribution < -0.4 is 10.6 Å². The summed E-state index contributed by atoms with van der Waals surface area (Å²) in [5.41, 5.74) is 2.71. The van der Waals surface area contributed by atoms with Gasteiger partial charge < -0.3 is 9.84 Å². The minimum Gasteiger partial charge on any atom is -0.356 e. The molecule has 1 atom stereocenters. The number of carbonyl (C=O) groups excluding carboxylic acids is 3. The maximum Gasteiger partial charge on any atom is 0.286 e. The molecule has 1 saturated heterocycles. The summed E-state index contributed by atoms with van der Waals surface area (Å²) < 4.78 is 5.45. The molecule has 0 unspecified atom stereocenters. The minimum absolute atomic E-state index is 0.0256. The summed E-state index contributed by atoms with van der Waals surface area (Å²) >= 11 is 0.879. The molecule has 1 aliphatic heterocycles. The predicted octanol–water partition coefficient (Wildman–Crippen LogP) is 2.88. The Bertz CT molecular complexity index is 999. The quantitative estimate of drug-likeness (QED) is 0.698. The first-order chi connectivity index (χ1) is 14.9. The smallest absolute Gasteiger partial charge is 0.286 e. The predicted molar refractivity (Wildman–Crippen MR) is 114 cm³/mol. The summed E-state index contributed by atoms with van der Waals surface area (Å²) in [6, 6.07) is 1.90. The molecule has 0 bridgehead atoms. The van der Waals surface area contributed by atoms with Crippen LogP contribution >= 0.6 is 11.8 Å². The molecule has 3 amide bonds. The van der Waals surface area contributed by atoms with Gasteiger partial charge in [0, 0.05) is 31.1 Å². The van der Waals surface area contributed by atoms with Gasteiger partial charge in [-0.3, -0.25) is 19.7 Å². The molecule has 164 valence electrons. The van der Waals surface area contributed by atoms with Crippen molar-refractivity contribution in [2.45, 2.75) is 57.1 Å². The molecular weight excluding hydrogens is 418 g/mol. The molecule has 2 N–H and O–H groups in total. The summed E-state index contributed by atoms with van der Waals surface area (Å²) in [5.74, 6) is 1.53. The number of carbonyl (C=O) groups is 3. The molecule has 0 spiro atoms. The fourth-order valence-electron chi connectivity index (χ4n) is 4.15. The van der Waals surface area contributed by atoms with Crippen LogP contribution in [0.15, 0.2) is 16.8 Å².